The summed E-state index contributed by atoms with van der Waals surface area (Å²) in [6.07, 6.45) is 0.431. The first-order valence-corrected chi connectivity index (χ1v) is 6.73. The number of hydrogen-bond donors (Lipinski definition) is 0. The van der Waals surface area contributed by atoms with Gasteiger partial charge in [-0.25, -0.2) is 0 Å². The molecule has 98 valence electrons. The summed E-state index contributed by atoms with van der Waals surface area (Å²) in [4.78, 5) is 6.55. The molecule has 0 aromatic carbocycles. The number of morpholine rings is 1. The van der Waals surface area contributed by atoms with Crippen molar-refractivity contribution in [3.05, 3.63) is 0 Å². The van der Waals surface area contributed by atoms with Gasteiger partial charge in [-0.05, 0) is 20.8 Å². The van der Waals surface area contributed by atoms with Crippen LogP contribution < -0.4 is 9.64 Å². The van der Waals surface area contributed by atoms with Gasteiger partial charge in [0.1, 0.15) is 0 Å². The Hall–Kier alpha value is -1.32. The molecule has 1 aromatic heterocycles. The standard InChI is InChI=1S/C12H17N3O2S/c1-4-5-6-16-11-13-12(18-14-11)15-7-9(2)17-10(3)8-15/h9-10H,6-8H2,1-3H3. The summed E-state index contributed by atoms with van der Waals surface area (Å²) < 4.78 is 15.2. The normalized spacial score (nSPS) is 23.4. The van der Waals surface area contributed by atoms with E-state index >= 15 is 0 Å². The molecule has 18 heavy (non-hydrogen) atoms. The van der Waals surface area contributed by atoms with Crippen LogP contribution in [-0.4, -0.2) is 41.3 Å². The van der Waals surface area contributed by atoms with Gasteiger partial charge in [-0.2, -0.15) is 4.98 Å². The topological polar surface area (TPSA) is 47.5 Å². The minimum absolute atomic E-state index is 0.216. The number of ether oxygens (including phenoxy) is 2. The zero-order valence-corrected chi connectivity index (χ0v) is 11.7. The van der Waals surface area contributed by atoms with Gasteiger partial charge in [-0.3, -0.25) is 0 Å². The molecule has 0 amide bonds. The Kier molecular flexibility index (Phi) is 4.39. The van der Waals surface area contributed by atoms with Gasteiger partial charge in [0.05, 0.1) is 12.2 Å². The molecule has 1 aromatic rings. The number of anilines is 1. The van der Waals surface area contributed by atoms with Crippen molar-refractivity contribution in [1.82, 2.24) is 9.36 Å². The Morgan fingerprint density at radius 2 is 2.17 bits per heavy atom. The highest BCUT2D eigenvalue weighted by Crippen LogP contribution is 2.24. The van der Waals surface area contributed by atoms with Crippen LogP contribution in [0.25, 0.3) is 0 Å². The lowest BCUT2D eigenvalue weighted by atomic mass is 10.2. The molecule has 2 heterocycles. The van der Waals surface area contributed by atoms with Gasteiger partial charge < -0.3 is 14.4 Å². The van der Waals surface area contributed by atoms with E-state index in [2.05, 4.69) is 39.9 Å². The van der Waals surface area contributed by atoms with Crippen LogP contribution in [0.3, 0.4) is 0 Å². The van der Waals surface area contributed by atoms with Crippen LogP contribution in [0.5, 0.6) is 6.01 Å². The van der Waals surface area contributed by atoms with Gasteiger partial charge >= 0.3 is 6.01 Å². The van der Waals surface area contributed by atoms with Crippen molar-refractivity contribution < 1.29 is 9.47 Å². The Labute approximate surface area is 111 Å². The molecule has 0 N–H and O–H groups in total. The summed E-state index contributed by atoms with van der Waals surface area (Å²) >= 11 is 1.35. The lowest BCUT2D eigenvalue weighted by molar-refractivity contribution is -0.00525. The molecule has 2 unspecified atom stereocenters. The number of hydrogen-bond acceptors (Lipinski definition) is 6. The second-order valence-corrected chi connectivity index (χ2v) is 4.97. The number of nitrogens with zero attached hydrogens (tertiary/aromatic N) is 3. The van der Waals surface area contributed by atoms with Gasteiger partial charge in [0.2, 0.25) is 5.13 Å². The van der Waals surface area contributed by atoms with Crippen molar-refractivity contribution in [2.24, 2.45) is 0 Å². The molecular formula is C12H17N3O2S. The SMILES string of the molecule is CC#CCOc1nsc(N2CC(C)OC(C)C2)n1. The highest BCUT2D eigenvalue weighted by molar-refractivity contribution is 7.09. The second kappa shape index (κ2) is 6.03. The van der Waals surface area contributed by atoms with Crippen LogP contribution >= 0.6 is 11.5 Å². The minimum atomic E-state index is 0.216. The summed E-state index contributed by atoms with van der Waals surface area (Å²) in [5.74, 6) is 5.58. The van der Waals surface area contributed by atoms with Crippen LogP contribution in [-0.2, 0) is 4.74 Å². The van der Waals surface area contributed by atoms with Crippen molar-refractivity contribution in [3.8, 4) is 17.9 Å². The fourth-order valence-electron chi connectivity index (χ4n) is 1.90. The van der Waals surface area contributed by atoms with E-state index in [4.69, 9.17) is 9.47 Å². The van der Waals surface area contributed by atoms with Gasteiger partial charge in [0.25, 0.3) is 0 Å². The van der Waals surface area contributed by atoms with E-state index in [-0.39, 0.29) is 12.2 Å². The molecule has 1 aliphatic rings. The Morgan fingerprint density at radius 3 is 2.83 bits per heavy atom. The van der Waals surface area contributed by atoms with Crippen LogP contribution in [0.1, 0.15) is 20.8 Å². The molecule has 0 aliphatic carbocycles. The Balaban J connectivity index is 1.97. The molecular weight excluding hydrogens is 250 g/mol. The highest BCUT2D eigenvalue weighted by Gasteiger charge is 2.24. The number of aromatic nitrogens is 2. The minimum Gasteiger partial charge on any atom is -0.450 e. The fourth-order valence-corrected chi connectivity index (χ4v) is 2.53. The van der Waals surface area contributed by atoms with Gasteiger partial charge in [-0.15, -0.1) is 10.3 Å². The molecule has 2 atom stereocenters. The van der Waals surface area contributed by atoms with E-state index < -0.39 is 0 Å². The molecule has 0 spiro atoms. The average molecular weight is 267 g/mol. The molecule has 0 bridgehead atoms. The van der Waals surface area contributed by atoms with Crippen LogP contribution in [0.15, 0.2) is 0 Å². The first kappa shape index (κ1) is 13.1. The Morgan fingerprint density at radius 1 is 1.44 bits per heavy atom. The first-order valence-electron chi connectivity index (χ1n) is 5.95. The zero-order valence-electron chi connectivity index (χ0n) is 10.8. The van der Waals surface area contributed by atoms with Gasteiger partial charge in [-0.1, -0.05) is 5.92 Å². The lowest BCUT2D eigenvalue weighted by Gasteiger charge is -2.34. The lowest BCUT2D eigenvalue weighted by Crippen LogP contribution is -2.45. The third-order valence-electron chi connectivity index (χ3n) is 2.54. The maximum absolute atomic E-state index is 5.69. The van der Waals surface area contributed by atoms with E-state index in [9.17, 15) is 0 Å². The van der Waals surface area contributed by atoms with E-state index in [1.807, 2.05) is 0 Å². The van der Waals surface area contributed by atoms with Crippen molar-refractivity contribution in [2.75, 3.05) is 24.6 Å². The Bertz CT molecular complexity index is 442. The monoisotopic (exact) mass is 267 g/mol. The van der Waals surface area contributed by atoms with Crippen LogP contribution in [0.4, 0.5) is 5.13 Å². The molecule has 1 saturated heterocycles. The number of rotatable bonds is 3. The largest absolute Gasteiger partial charge is 0.450 e. The van der Waals surface area contributed by atoms with E-state index in [1.54, 1.807) is 6.92 Å². The van der Waals surface area contributed by atoms with E-state index in [1.165, 1.54) is 11.5 Å². The summed E-state index contributed by atoms with van der Waals surface area (Å²) in [5, 5.41) is 0.886. The third-order valence-corrected chi connectivity index (χ3v) is 3.30. The zero-order chi connectivity index (χ0) is 13.0. The van der Waals surface area contributed by atoms with Crippen molar-refractivity contribution in [3.63, 3.8) is 0 Å². The first-order chi connectivity index (χ1) is 8.69. The average Bonchev–Trinajstić information content (AvgIpc) is 2.77. The molecule has 2 rings (SSSR count). The molecule has 1 aliphatic heterocycles. The van der Waals surface area contributed by atoms with Crippen LogP contribution in [0.2, 0.25) is 0 Å². The second-order valence-electron chi connectivity index (χ2n) is 4.24. The van der Waals surface area contributed by atoms with Crippen LogP contribution in [0, 0.1) is 11.8 Å². The molecule has 1 fully saturated rings. The predicted molar refractivity (Wildman–Crippen MR) is 71.1 cm³/mol. The summed E-state index contributed by atoms with van der Waals surface area (Å²) in [5.41, 5.74) is 0. The highest BCUT2D eigenvalue weighted by atomic mass is 32.1. The molecule has 6 heteroatoms. The van der Waals surface area contributed by atoms with Gasteiger partial charge in [0.15, 0.2) is 6.61 Å². The van der Waals surface area contributed by atoms with E-state index in [0.717, 1.165) is 18.2 Å². The maximum atomic E-state index is 5.69. The van der Waals surface area contributed by atoms with Crippen molar-refractivity contribution in [1.29, 1.82) is 0 Å². The fraction of sp³-hybridized carbons (Fsp3) is 0.667. The van der Waals surface area contributed by atoms with Crippen molar-refractivity contribution in [2.45, 2.75) is 33.0 Å². The molecule has 5 nitrogen and oxygen atoms in total. The molecule has 0 saturated carbocycles. The summed E-state index contributed by atoms with van der Waals surface area (Å²) in [7, 11) is 0. The smallest absolute Gasteiger partial charge is 0.331 e. The third kappa shape index (κ3) is 3.34. The van der Waals surface area contributed by atoms with Crippen molar-refractivity contribution >= 4 is 16.7 Å². The molecule has 0 radical (unpaired) electrons. The quantitative estimate of drug-likeness (QED) is 0.778. The summed E-state index contributed by atoms with van der Waals surface area (Å²) in [6.45, 7) is 7.93. The maximum Gasteiger partial charge on any atom is 0.331 e. The van der Waals surface area contributed by atoms with Gasteiger partial charge in [0, 0.05) is 24.6 Å². The predicted octanol–water partition coefficient (Wildman–Crippen LogP) is 1.55. The summed E-state index contributed by atoms with van der Waals surface area (Å²) in [6, 6.07) is 0.407. The van der Waals surface area contributed by atoms with E-state index in [0.29, 0.717) is 12.6 Å².